The summed E-state index contributed by atoms with van der Waals surface area (Å²) < 4.78 is 88.4. The van der Waals surface area contributed by atoms with Crippen LogP contribution in [0.4, 0.5) is 26.3 Å². The zero-order valence-corrected chi connectivity index (χ0v) is 14.7. The van der Waals surface area contributed by atoms with Gasteiger partial charge in [-0.2, -0.15) is 17.6 Å². The number of rotatable bonds is 5. The van der Waals surface area contributed by atoms with Crippen molar-refractivity contribution in [3.05, 3.63) is 70.8 Å². The highest BCUT2D eigenvalue weighted by molar-refractivity contribution is 5.77. The van der Waals surface area contributed by atoms with Gasteiger partial charge >= 0.3 is 11.8 Å². The number of halogens is 6. The third-order valence-electron chi connectivity index (χ3n) is 4.89. The monoisotopic (exact) mass is 384 g/mol. The fraction of sp³-hybridized carbons (Fsp3) is 0.333. The van der Waals surface area contributed by atoms with Gasteiger partial charge in [0.2, 0.25) is 0 Å². The van der Waals surface area contributed by atoms with Gasteiger partial charge in [0.15, 0.2) is 0 Å². The van der Waals surface area contributed by atoms with Crippen LogP contribution >= 0.6 is 0 Å². The third kappa shape index (κ3) is 2.77. The molecule has 6 heteroatoms. The van der Waals surface area contributed by atoms with Gasteiger partial charge in [-0.3, -0.25) is 0 Å². The largest absolute Gasteiger partial charge is 0.343 e. The lowest BCUT2D eigenvalue weighted by Crippen LogP contribution is -2.41. The highest BCUT2D eigenvalue weighted by atomic mass is 19.3. The van der Waals surface area contributed by atoms with E-state index >= 15 is 0 Å². The molecule has 0 atom stereocenters. The Balaban J connectivity index is 2.33. The predicted octanol–water partition coefficient (Wildman–Crippen LogP) is 6.90. The van der Waals surface area contributed by atoms with Crippen molar-refractivity contribution in [3.63, 3.8) is 0 Å². The van der Waals surface area contributed by atoms with Gasteiger partial charge in [-0.15, -0.1) is 6.58 Å². The Morgan fingerprint density at radius 3 is 1.67 bits per heavy atom. The van der Waals surface area contributed by atoms with E-state index in [1.807, 2.05) is 0 Å². The van der Waals surface area contributed by atoms with Crippen LogP contribution < -0.4 is 0 Å². The van der Waals surface area contributed by atoms with Crippen LogP contribution in [-0.4, -0.2) is 0 Å². The van der Waals surface area contributed by atoms with Crippen LogP contribution in [0.3, 0.4) is 0 Å². The highest BCUT2D eigenvalue weighted by Crippen LogP contribution is 2.59. The van der Waals surface area contributed by atoms with Crippen LogP contribution in [-0.2, 0) is 24.7 Å². The van der Waals surface area contributed by atoms with Crippen molar-refractivity contribution in [1.82, 2.24) is 0 Å². The Labute approximate surface area is 153 Å². The smallest absolute Gasteiger partial charge is 0.206 e. The summed E-state index contributed by atoms with van der Waals surface area (Å²) >= 11 is 0. The van der Waals surface area contributed by atoms with E-state index in [9.17, 15) is 26.3 Å². The first kappa shape index (κ1) is 19.5. The fourth-order valence-corrected chi connectivity index (χ4v) is 3.53. The maximum atomic E-state index is 14.8. The Morgan fingerprint density at radius 1 is 0.815 bits per heavy atom. The van der Waals surface area contributed by atoms with Gasteiger partial charge in [0, 0.05) is 0 Å². The SMILES string of the molecule is C=CCCc1ccc2c(c1F)C(F)(F)C(F)(F)c1c-2ccc(CCC)c1F. The van der Waals surface area contributed by atoms with Crippen molar-refractivity contribution in [2.45, 2.75) is 44.5 Å². The summed E-state index contributed by atoms with van der Waals surface area (Å²) in [6.45, 7) is 5.20. The van der Waals surface area contributed by atoms with Crippen LogP contribution in [0.15, 0.2) is 36.9 Å². The quantitative estimate of drug-likeness (QED) is 0.389. The number of hydrogen-bond donors (Lipinski definition) is 0. The van der Waals surface area contributed by atoms with Gasteiger partial charge < -0.3 is 0 Å². The first-order valence-electron chi connectivity index (χ1n) is 8.69. The van der Waals surface area contributed by atoms with Crippen molar-refractivity contribution >= 4 is 0 Å². The summed E-state index contributed by atoms with van der Waals surface area (Å²) in [6, 6.07) is 4.91. The van der Waals surface area contributed by atoms with Crippen LogP contribution in [0.25, 0.3) is 11.1 Å². The lowest BCUT2D eigenvalue weighted by molar-refractivity contribution is -0.227. The summed E-state index contributed by atoms with van der Waals surface area (Å²) in [7, 11) is 0. The second-order valence-electron chi connectivity index (χ2n) is 6.65. The van der Waals surface area contributed by atoms with E-state index in [0.717, 1.165) is 6.07 Å². The first-order valence-corrected chi connectivity index (χ1v) is 8.69. The number of fused-ring (bicyclic) bond motifs is 3. The molecule has 3 rings (SSSR count). The van der Waals surface area contributed by atoms with Crippen molar-refractivity contribution in [3.8, 4) is 11.1 Å². The van der Waals surface area contributed by atoms with E-state index in [4.69, 9.17) is 0 Å². The molecule has 0 nitrogen and oxygen atoms in total. The van der Waals surface area contributed by atoms with Gasteiger partial charge in [-0.1, -0.05) is 43.7 Å². The molecule has 0 unspecified atom stereocenters. The minimum absolute atomic E-state index is 0.0565. The highest BCUT2D eigenvalue weighted by Gasteiger charge is 2.65. The van der Waals surface area contributed by atoms with Gasteiger partial charge in [-0.25, -0.2) is 8.78 Å². The van der Waals surface area contributed by atoms with Crippen molar-refractivity contribution in [2.75, 3.05) is 0 Å². The molecule has 0 aromatic heterocycles. The Kier molecular flexibility index (Phi) is 4.87. The van der Waals surface area contributed by atoms with Crippen molar-refractivity contribution < 1.29 is 26.3 Å². The molecular weight excluding hydrogens is 366 g/mol. The fourth-order valence-electron chi connectivity index (χ4n) is 3.53. The molecule has 0 saturated carbocycles. The molecule has 0 saturated heterocycles. The molecule has 0 spiro atoms. The van der Waals surface area contributed by atoms with Gasteiger partial charge in [0.25, 0.3) is 0 Å². The second kappa shape index (κ2) is 6.73. The van der Waals surface area contributed by atoms with E-state index in [-0.39, 0.29) is 24.0 Å². The first-order chi connectivity index (χ1) is 12.7. The average Bonchev–Trinajstić information content (AvgIpc) is 2.60. The van der Waals surface area contributed by atoms with Crippen LogP contribution in [0.2, 0.25) is 0 Å². The third-order valence-corrected chi connectivity index (χ3v) is 4.89. The lowest BCUT2D eigenvalue weighted by atomic mass is 9.78. The molecule has 2 aromatic carbocycles. The number of aryl methyl sites for hydroxylation is 2. The zero-order chi connectivity index (χ0) is 20.0. The molecule has 0 fully saturated rings. The predicted molar refractivity (Wildman–Crippen MR) is 92.1 cm³/mol. The number of benzene rings is 2. The number of allylic oxidation sites excluding steroid dienone is 1. The summed E-state index contributed by atoms with van der Waals surface area (Å²) in [5, 5.41) is 0. The van der Waals surface area contributed by atoms with Gasteiger partial charge in [-0.05, 0) is 41.5 Å². The maximum Gasteiger partial charge on any atom is 0.343 e. The van der Waals surface area contributed by atoms with E-state index in [1.165, 1.54) is 24.3 Å². The van der Waals surface area contributed by atoms with Crippen LogP contribution in [0.1, 0.15) is 42.0 Å². The minimum Gasteiger partial charge on any atom is -0.206 e. The van der Waals surface area contributed by atoms with Crippen LogP contribution in [0.5, 0.6) is 0 Å². The molecule has 0 radical (unpaired) electrons. The normalized spacial score (nSPS) is 16.6. The summed E-state index contributed by atoms with van der Waals surface area (Å²) in [5.41, 5.74) is -3.68. The summed E-state index contributed by atoms with van der Waals surface area (Å²) in [5.74, 6) is -12.4. The van der Waals surface area contributed by atoms with E-state index in [0.29, 0.717) is 12.8 Å². The van der Waals surface area contributed by atoms with E-state index in [2.05, 4.69) is 6.58 Å². The van der Waals surface area contributed by atoms with E-state index < -0.39 is 45.7 Å². The van der Waals surface area contributed by atoms with Crippen molar-refractivity contribution in [2.24, 2.45) is 0 Å². The summed E-state index contributed by atoms with van der Waals surface area (Å²) in [6.07, 6.45) is 2.45. The number of alkyl halides is 4. The summed E-state index contributed by atoms with van der Waals surface area (Å²) in [4.78, 5) is 0. The standard InChI is InChI=1S/C21H18F6/c1-3-5-7-13-9-11-15-14-10-8-12(6-4-2)18(22)16(14)20(24,25)21(26,27)17(15)19(13)23/h3,8-11H,1,4-7H2,2H3. The molecule has 0 heterocycles. The molecular formula is C21H18F6. The average molecular weight is 384 g/mol. The Bertz CT molecular complexity index is 898. The van der Waals surface area contributed by atoms with Gasteiger partial charge in [0.05, 0.1) is 11.1 Å². The zero-order valence-electron chi connectivity index (χ0n) is 14.7. The molecule has 1 aliphatic rings. The molecule has 144 valence electrons. The molecule has 2 aromatic rings. The van der Waals surface area contributed by atoms with Gasteiger partial charge in [0.1, 0.15) is 11.6 Å². The van der Waals surface area contributed by atoms with E-state index in [1.54, 1.807) is 6.92 Å². The topological polar surface area (TPSA) is 0 Å². The van der Waals surface area contributed by atoms with Crippen molar-refractivity contribution in [1.29, 1.82) is 0 Å². The molecule has 0 N–H and O–H groups in total. The second-order valence-corrected chi connectivity index (χ2v) is 6.65. The lowest BCUT2D eigenvalue weighted by Gasteiger charge is -2.36. The number of hydrogen-bond acceptors (Lipinski definition) is 0. The molecule has 0 aliphatic heterocycles. The molecule has 0 amide bonds. The molecule has 0 bridgehead atoms. The van der Waals surface area contributed by atoms with Crippen LogP contribution in [0, 0.1) is 11.6 Å². The Hall–Kier alpha value is -2.24. The Morgan fingerprint density at radius 2 is 1.26 bits per heavy atom. The maximum absolute atomic E-state index is 14.8. The molecule has 1 aliphatic carbocycles. The minimum atomic E-state index is -4.87. The molecule has 27 heavy (non-hydrogen) atoms.